The Balaban J connectivity index is 2.89. The topological polar surface area (TPSA) is 40.5 Å². The first-order chi connectivity index (χ1) is 7.91. The highest BCUT2D eigenvalue weighted by Crippen LogP contribution is 2.22. The van der Waals surface area contributed by atoms with Crippen molar-refractivity contribution in [3.05, 3.63) is 34.9 Å². The van der Waals surface area contributed by atoms with Crippen molar-refractivity contribution < 1.29 is 9.90 Å². The van der Waals surface area contributed by atoms with Crippen LogP contribution in [0, 0.1) is 13.8 Å². The van der Waals surface area contributed by atoms with Gasteiger partial charge in [0.2, 0.25) is 0 Å². The van der Waals surface area contributed by atoms with Crippen LogP contribution in [0.2, 0.25) is 0 Å². The summed E-state index contributed by atoms with van der Waals surface area (Å²) in [5.74, 6) is -1.15. The van der Waals surface area contributed by atoms with Crippen LogP contribution in [-0.2, 0) is 4.79 Å². The van der Waals surface area contributed by atoms with E-state index in [1.165, 1.54) is 5.56 Å². The quantitative estimate of drug-likeness (QED) is 0.852. The smallest absolute Gasteiger partial charge is 0.311 e. The number of rotatable bonds is 5. The Morgan fingerprint density at radius 1 is 1.29 bits per heavy atom. The molecule has 0 bridgehead atoms. The predicted octanol–water partition coefficient (Wildman–Crippen LogP) is 2.42. The molecule has 0 amide bonds. The number of carbonyl (C=O) groups is 1. The zero-order chi connectivity index (χ0) is 13.0. The molecule has 1 rings (SSSR count). The second-order valence-electron chi connectivity index (χ2n) is 4.83. The molecular weight excluding hydrogens is 214 g/mol. The molecule has 0 saturated carbocycles. The fourth-order valence-electron chi connectivity index (χ4n) is 1.80. The van der Waals surface area contributed by atoms with Gasteiger partial charge in [0, 0.05) is 0 Å². The van der Waals surface area contributed by atoms with Gasteiger partial charge in [0.1, 0.15) is 0 Å². The molecule has 0 fully saturated rings. The molecule has 0 heterocycles. The average molecular weight is 235 g/mol. The van der Waals surface area contributed by atoms with Gasteiger partial charge in [0.25, 0.3) is 0 Å². The lowest BCUT2D eigenvalue weighted by molar-refractivity contribution is -0.139. The molecule has 3 nitrogen and oxygen atoms in total. The van der Waals surface area contributed by atoms with Crippen LogP contribution in [0.1, 0.15) is 29.0 Å². The summed E-state index contributed by atoms with van der Waals surface area (Å²) in [6.07, 6.45) is 0.644. The van der Waals surface area contributed by atoms with E-state index >= 15 is 0 Å². The Labute approximate surface area is 103 Å². The Bertz CT molecular complexity index is 399. The van der Waals surface area contributed by atoms with E-state index in [0.717, 1.165) is 17.7 Å². The molecular formula is C14H21NO2. The zero-order valence-electron chi connectivity index (χ0n) is 11.0. The number of benzene rings is 1. The number of hydrogen-bond donors (Lipinski definition) is 1. The van der Waals surface area contributed by atoms with E-state index in [2.05, 4.69) is 0 Å². The van der Waals surface area contributed by atoms with Crippen LogP contribution in [0.5, 0.6) is 0 Å². The summed E-state index contributed by atoms with van der Waals surface area (Å²) < 4.78 is 0. The van der Waals surface area contributed by atoms with E-state index in [1.807, 2.05) is 51.0 Å². The molecule has 0 aliphatic carbocycles. The first kappa shape index (κ1) is 13.7. The van der Waals surface area contributed by atoms with Gasteiger partial charge in [0.15, 0.2) is 0 Å². The van der Waals surface area contributed by atoms with Crippen molar-refractivity contribution in [1.29, 1.82) is 0 Å². The Morgan fingerprint density at radius 3 is 2.41 bits per heavy atom. The van der Waals surface area contributed by atoms with Crippen LogP contribution in [0.4, 0.5) is 0 Å². The normalized spacial score (nSPS) is 12.8. The number of aryl methyl sites for hydroxylation is 2. The Kier molecular flexibility index (Phi) is 4.70. The molecule has 0 spiro atoms. The van der Waals surface area contributed by atoms with E-state index in [0.29, 0.717) is 6.42 Å². The molecule has 1 aromatic carbocycles. The summed E-state index contributed by atoms with van der Waals surface area (Å²) in [7, 11) is 3.92. The summed E-state index contributed by atoms with van der Waals surface area (Å²) in [5, 5.41) is 9.28. The lowest BCUT2D eigenvalue weighted by Gasteiger charge is -2.17. The largest absolute Gasteiger partial charge is 0.481 e. The predicted molar refractivity (Wildman–Crippen MR) is 69.5 cm³/mol. The van der Waals surface area contributed by atoms with Crippen molar-refractivity contribution in [2.45, 2.75) is 26.2 Å². The molecule has 17 heavy (non-hydrogen) atoms. The maximum atomic E-state index is 11.3. The van der Waals surface area contributed by atoms with Crippen LogP contribution in [0.3, 0.4) is 0 Å². The van der Waals surface area contributed by atoms with Gasteiger partial charge in [-0.05, 0) is 57.6 Å². The van der Waals surface area contributed by atoms with Crippen molar-refractivity contribution >= 4 is 5.97 Å². The maximum Gasteiger partial charge on any atom is 0.311 e. The molecule has 0 aromatic heterocycles. The molecule has 0 radical (unpaired) electrons. The van der Waals surface area contributed by atoms with Crippen LogP contribution in [0.15, 0.2) is 18.2 Å². The SMILES string of the molecule is Cc1ccc(C(CCN(C)C)C(=O)O)cc1C. The number of carboxylic acid groups (broad SMARTS) is 1. The summed E-state index contributed by atoms with van der Waals surface area (Å²) in [4.78, 5) is 13.3. The van der Waals surface area contributed by atoms with Crippen molar-refractivity contribution in [3.8, 4) is 0 Å². The number of carboxylic acids is 1. The molecule has 1 N–H and O–H groups in total. The maximum absolute atomic E-state index is 11.3. The number of nitrogens with zero attached hydrogens (tertiary/aromatic N) is 1. The highest BCUT2D eigenvalue weighted by atomic mass is 16.4. The van der Waals surface area contributed by atoms with E-state index in [-0.39, 0.29) is 0 Å². The number of hydrogen-bond acceptors (Lipinski definition) is 2. The van der Waals surface area contributed by atoms with Gasteiger partial charge < -0.3 is 10.0 Å². The zero-order valence-corrected chi connectivity index (χ0v) is 11.0. The fraction of sp³-hybridized carbons (Fsp3) is 0.500. The summed E-state index contributed by atoms with van der Waals surface area (Å²) in [5.41, 5.74) is 3.26. The van der Waals surface area contributed by atoms with Gasteiger partial charge >= 0.3 is 5.97 Å². The van der Waals surface area contributed by atoms with E-state index < -0.39 is 11.9 Å². The first-order valence-corrected chi connectivity index (χ1v) is 5.86. The van der Waals surface area contributed by atoms with E-state index in [4.69, 9.17) is 0 Å². The third kappa shape index (κ3) is 3.86. The monoisotopic (exact) mass is 235 g/mol. The highest BCUT2D eigenvalue weighted by molar-refractivity contribution is 5.76. The molecule has 1 atom stereocenters. The summed E-state index contributed by atoms with van der Waals surface area (Å²) >= 11 is 0. The summed E-state index contributed by atoms with van der Waals surface area (Å²) in [6, 6.07) is 5.91. The minimum atomic E-state index is -0.741. The molecule has 94 valence electrons. The van der Waals surface area contributed by atoms with Crippen LogP contribution in [-0.4, -0.2) is 36.6 Å². The van der Waals surface area contributed by atoms with Gasteiger partial charge in [-0.2, -0.15) is 0 Å². The second-order valence-corrected chi connectivity index (χ2v) is 4.83. The molecule has 0 aliphatic rings. The van der Waals surface area contributed by atoms with E-state index in [1.54, 1.807) is 0 Å². The number of aliphatic carboxylic acids is 1. The third-order valence-electron chi connectivity index (χ3n) is 3.10. The van der Waals surface area contributed by atoms with Gasteiger partial charge in [0.05, 0.1) is 5.92 Å². The molecule has 0 aliphatic heterocycles. The van der Waals surface area contributed by atoms with Crippen LogP contribution < -0.4 is 0 Å². The van der Waals surface area contributed by atoms with Crippen molar-refractivity contribution in [3.63, 3.8) is 0 Å². The lowest BCUT2D eigenvalue weighted by Crippen LogP contribution is -2.20. The Hall–Kier alpha value is -1.35. The van der Waals surface area contributed by atoms with Crippen molar-refractivity contribution in [2.75, 3.05) is 20.6 Å². The Morgan fingerprint density at radius 2 is 1.94 bits per heavy atom. The molecule has 3 heteroatoms. The van der Waals surface area contributed by atoms with Crippen LogP contribution >= 0.6 is 0 Å². The standard InChI is InChI=1S/C14H21NO2/c1-10-5-6-12(9-11(10)2)13(14(16)17)7-8-15(3)4/h5-6,9,13H,7-8H2,1-4H3,(H,16,17). The second kappa shape index (κ2) is 5.82. The van der Waals surface area contributed by atoms with Crippen molar-refractivity contribution in [2.24, 2.45) is 0 Å². The molecule has 1 unspecified atom stereocenters. The summed E-state index contributed by atoms with van der Waals surface area (Å²) in [6.45, 7) is 4.84. The fourth-order valence-corrected chi connectivity index (χ4v) is 1.80. The van der Waals surface area contributed by atoms with E-state index in [9.17, 15) is 9.90 Å². The van der Waals surface area contributed by atoms with Gasteiger partial charge in [-0.15, -0.1) is 0 Å². The first-order valence-electron chi connectivity index (χ1n) is 5.86. The molecule has 0 saturated heterocycles. The minimum Gasteiger partial charge on any atom is -0.481 e. The van der Waals surface area contributed by atoms with Crippen molar-refractivity contribution in [1.82, 2.24) is 4.90 Å². The minimum absolute atomic E-state index is 0.406. The van der Waals surface area contributed by atoms with Gasteiger partial charge in [-0.1, -0.05) is 18.2 Å². The van der Waals surface area contributed by atoms with Crippen LogP contribution in [0.25, 0.3) is 0 Å². The highest BCUT2D eigenvalue weighted by Gasteiger charge is 2.19. The lowest BCUT2D eigenvalue weighted by atomic mass is 9.93. The average Bonchev–Trinajstić information content (AvgIpc) is 2.22. The van der Waals surface area contributed by atoms with Gasteiger partial charge in [-0.25, -0.2) is 0 Å². The van der Waals surface area contributed by atoms with Gasteiger partial charge in [-0.3, -0.25) is 4.79 Å². The molecule has 1 aromatic rings. The third-order valence-corrected chi connectivity index (χ3v) is 3.10.